The minimum Gasteiger partial charge on any atom is -0.756 e. The lowest BCUT2D eigenvalue weighted by Gasteiger charge is -2.30. The molecular weight excluding hydrogens is 1080 g/mol. The second-order valence-electron chi connectivity index (χ2n) is 23.9. The smallest absolute Gasteiger partial charge is 0.306 e. The molecule has 0 aromatic rings. The lowest BCUT2D eigenvalue weighted by molar-refractivity contribution is -0.870. The van der Waals surface area contributed by atoms with Crippen molar-refractivity contribution in [2.45, 2.75) is 283 Å². The van der Waals surface area contributed by atoms with Gasteiger partial charge in [0.2, 0.25) is 5.91 Å². The maximum Gasteiger partial charge on any atom is 0.306 e. The number of phosphoric ester groups is 1. The summed E-state index contributed by atoms with van der Waals surface area (Å²) in [7, 11) is 1.15. The van der Waals surface area contributed by atoms with Gasteiger partial charge < -0.3 is 28.5 Å². The second-order valence-corrected chi connectivity index (χ2v) is 25.3. The lowest BCUT2D eigenvalue weighted by Crippen LogP contribution is -2.47. The van der Waals surface area contributed by atoms with Gasteiger partial charge in [0.1, 0.15) is 19.3 Å². The largest absolute Gasteiger partial charge is 0.756 e. The number of phosphoric acid groups is 1. The van der Waals surface area contributed by atoms with Crippen LogP contribution in [0, 0.1) is 0 Å². The Morgan fingerprint density at radius 3 is 1.12 bits per heavy atom. The number of esters is 1. The molecule has 3 atom stereocenters. The molecule has 490 valence electrons. The van der Waals surface area contributed by atoms with E-state index in [0.29, 0.717) is 23.9 Å². The van der Waals surface area contributed by atoms with Gasteiger partial charge in [0, 0.05) is 12.8 Å². The number of allylic oxidation sites excluding steroid dienone is 23. The SMILES string of the molecule is CC/C=C\C/C=C\C/C=C\C/C=C\C/C=C\C/C=C\CCCCCCC(=O)OC(/C=C/CCCCCCCCCCCC)C(COP(=O)([O-])OCC[N+](C)(C)C)NC(=O)CCCCCCCCCCC/C=C\C/C=C\C/C=C\C/C=C\C/C=C\CC. The van der Waals surface area contributed by atoms with Crippen molar-refractivity contribution in [3.63, 3.8) is 0 Å². The highest BCUT2D eigenvalue weighted by Gasteiger charge is 2.27. The van der Waals surface area contributed by atoms with Crippen LogP contribution in [0.2, 0.25) is 0 Å². The van der Waals surface area contributed by atoms with Crippen molar-refractivity contribution in [1.29, 1.82) is 0 Å². The summed E-state index contributed by atoms with van der Waals surface area (Å²) >= 11 is 0. The summed E-state index contributed by atoms with van der Waals surface area (Å²) in [6.45, 7) is 6.59. The Labute approximate surface area is 529 Å². The summed E-state index contributed by atoms with van der Waals surface area (Å²) in [5.74, 6) is -0.585. The monoisotopic (exact) mass is 1210 g/mol. The number of likely N-dealkylation sites (N-methyl/N-ethyl adjacent to an activating group) is 1. The average Bonchev–Trinajstić information content (AvgIpc) is 3.69. The quantitative estimate of drug-likeness (QED) is 0.0212. The molecule has 0 saturated carbocycles. The zero-order chi connectivity index (χ0) is 62.8. The molecule has 0 saturated heterocycles. The van der Waals surface area contributed by atoms with E-state index in [1.807, 2.05) is 33.3 Å². The van der Waals surface area contributed by atoms with E-state index in [4.69, 9.17) is 13.8 Å². The van der Waals surface area contributed by atoms with Crippen LogP contribution in [0.4, 0.5) is 0 Å². The molecule has 0 aromatic carbocycles. The van der Waals surface area contributed by atoms with Crippen LogP contribution in [0.3, 0.4) is 0 Å². The normalized spacial score (nSPS) is 14.5. The predicted molar refractivity (Wildman–Crippen MR) is 371 cm³/mol. The van der Waals surface area contributed by atoms with Gasteiger partial charge in [-0.15, -0.1) is 0 Å². The summed E-state index contributed by atoms with van der Waals surface area (Å²) in [6, 6.07) is -0.915. The van der Waals surface area contributed by atoms with E-state index < -0.39 is 26.6 Å². The minimum absolute atomic E-state index is 0.0360. The molecule has 3 unspecified atom stereocenters. The topological polar surface area (TPSA) is 114 Å². The van der Waals surface area contributed by atoms with Crippen LogP contribution in [-0.4, -0.2) is 69.4 Å². The highest BCUT2D eigenvalue weighted by Crippen LogP contribution is 2.38. The molecule has 0 aliphatic heterocycles. The standard InChI is InChI=1S/C76H129N2O7P/c1-7-10-13-16-19-22-25-28-30-32-34-36-38-39-41-42-44-46-48-50-53-56-59-62-65-68-75(79)77-73(72-84-86(81,82)83-71-70-78(4,5)6)74(67-64-61-58-55-52-27-24-21-18-15-12-9-3)85-76(80)69-66-63-60-57-54-51-49-47-45-43-40-37-35-33-31-29-26-23-20-17-14-11-8-2/h10-11,13-14,19-20,22-23,28-31,34-37,39,41,43,45,49,51,64,67,73-74H,7-9,12,15-18,21,24-27,32-33,38,40,42,44,46-48,50,52-63,65-66,68-72H2,1-6H3,(H-,77,79,81,82)/b13-10-,14-11-,22-19-,23-20-,30-28-,31-29-,36-34-,37-35-,41-39-,45-43-,51-49-,67-64+. The fourth-order valence-corrected chi connectivity index (χ4v) is 9.98. The molecule has 0 spiro atoms. The van der Waals surface area contributed by atoms with Crippen LogP contribution in [0.5, 0.6) is 0 Å². The molecule has 0 fully saturated rings. The predicted octanol–water partition coefficient (Wildman–Crippen LogP) is 21.5. The van der Waals surface area contributed by atoms with Gasteiger partial charge in [-0.3, -0.25) is 14.2 Å². The van der Waals surface area contributed by atoms with E-state index >= 15 is 0 Å². The van der Waals surface area contributed by atoms with Crippen molar-refractivity contribution in [3.8, 4) is 0 Å². The molecule has 0 aromatic heterocycles. The molecule has 9 nitrogen and oxygen atoms in total. The zero-order valence-electron chi connectivity index (χ0n) is 56.0. The Kier molecular flexibility index (Phi) is 60.8. The molecule has 0 rings (SSSR count). The van der Waals surface area contributed by atoms with E-state index in [1.165, 1.54) is 83.5 Å². The summed E-state index contributed by atoms with van der Waals surface area (Å²) in [4.78, 5) is 40.2. The molecular formula is C76H129N2O7P. The number of hydrogen-bond acceptors (Lipinski definition) is 7. The maximum atomic E-state index is 13.6. The van der Waals surface area contributed by atoms with Crippen LogP contribution in [0.1, 0.15) is 271 Å². The van der Waals surface area contributed by atoms with Crippen molar-refractivity contribution in [2.75, 3.05) is 40.9 Å². The molecule has 0 heterocycles. The van der Waals surface area contributed by atoms with E-state index in [2.05, 4.69) is 160 Å². The molecule has 0 aliphatic carbocycles. The van der Waals surface area contributed by atoms with Gasteiger partial charge in [-0.2, -0.15) is 0 Å². The van der Waals surface area contributed by atoms with Crippen LogP contribution in [0.25, 0.3) is 0 Å². The highest BCUT2D eigenvalue weighted by atomic mass is 31.2. The van der Waals surface area contributed by atoms with Crippen LogP contribution >= 0.6 is 7.82 Å². The third kappa shape index (κ3) is 64.4. The van der Waals surface area contributed by atoms with E-state index in [-0.39, 0.29) is 24.9 Å². The first-order chi connectivity index (χ1) is 41.9. The number of nitrogens with one attached hydrogen (secondary N) is 1. The molecule has 0 radical (unpaired) electrons. The molecule has 0 bridgehead atoms. The van der Waals surface area contributed by atoms with Crippen molar-refractivity contribution >= 4 is 19.7 Å². The number of rotatable bonds is 61. The first-order valence-corrected chi connectivity index (χ1v) is 36.1. The van der Waals surface area contributed by atoms with Gasteiger partial charge in [0.15, 0.2) is 0 Å². The average molecular weight is 1210 g/mol. The van der Waals surface area contributed by atoms with Crippen LogP contribution in [0.15, 0.2) is 146 Å². The third-order valence-corrected chi connectivity index (χ3v) is 15.5. The van der Waals surface area contributed by atoms with Crippen LogP contribution < -0.4 is 10.2 Å². The van der Waals surface area contributed by atoms with Gasteiger partial charge in [-0.25, -0.2) is 0 Å². The molecule has 0 aliphatic rings. The Balaban J connectivity index is 5.19. The highest BCUT2D eigenvalue weighted by molar-refractivity contribution is 7.45. The van der Waals surface area contributed by atoms with Gasteiger partial charge in [-0.1, -0.05) is 276 Å². The summed E-state index contributed by atoms with van der Waals surface area (Å²) in [5, 5.41) is 3.03. The number of quaternary nitrogens is 1. The van der Waals surface area contributed by atoms with Crippen molar-refractivity contribution in [1.82, 2.24) is 5.32 Å². The number of carbonyl (C=O) groups is 2. The number of amides is 1. The van der Waals surface area contributed by atoms with E-state index in [0.717, 1.165) is 148 Å². The lowest BCUT2D eigenvalue weighted by atomic mass is 10.0. The zero-order valence-corrected chi connectivity index (χ0v) is 56.9. The first-order valence-electron chi connectivity index (χ1n) is 34.6. The molecule has 1 N–H and O–H groups in total. The Hall–Kier alpha value is -4.11. The summed E-state index contributed by atoms with van der Waals surface area (Å²) in [5.41, 5.74) is 0. The second kappa shape index (κ2) is 63.9. The molecule has 10 heteroatoms. The minimum atomic E-state index is -4.72. The summed E-state index contributed by atoms with van der Waals surface area (Å²) < 4.78 is 30.4. The van der Waals surface area contributed by atoms with Crippen molar-refractivity contribution in [2.24, 2.45) is 0 Å². The summed E-state index contributed by atoms with van der Waals surface area (Å²) in [6.07, 6.45) is 92.5. The first kappa shape index (κ1) is 81.9. The van der Waals surface area contributed by atoms with E-state index in [1.54, 1.807) is 0 Å². The molecule has 1 amide bonds. The van der Waals surface area contributed by atoms with Crippen molar-refractivity contribution in [3.05, 3.63) is 146 Å². The number of carbonyl (C=O) groups excluding carboxylic acids is 2. The van der Waals surface area contributed by atoms with Crippen molar-refractivity contribution < 1.29 is 37.3 Å². The Morgan fingerprint density at radius 1 is 0.419 bits per heavy atom. The number of hydrogen-bond donors (Lipinski definition) is 1. The number of ether oxygens (including phenoxy) is 1. The van der Waals surface area contributed by atoms with Crippen LogP contribution in [-0.2, 0) is 27.9 Å². The fraction of sp³-hybridized carbons (Fsp3) is 0.658. The number of nitrogens with zero attached hydrogens (tertiary/aromatic N) is 1. The third-order valence-electron chi connectivity index (χ3n) is 14.5. The van der Waals surface area contributed by atoms with E-state index in [9.17, 15) is 19.0 Å². The molecule has 86 heavy (non-hydrogen) atoms. The Morgan fingerprint density at radius 2 is 0.744 bits per heavy atom. The number of unbranched alkanes of at least 4 members (excludes halogenated alkanes) is 23. The van der Waals surface area contributed by atoms with Gasteiger partial charge in [-0.05, 0) is 128 Å². The van der Waals surface area contributed by atoms with Gasteiger partial charge in [0.25, 0.3) is 7.82 Å². The fourth-order valence-electron chi connectivity index (χ4n) is 9.26. The maximum absolute atomic E-state index is 13.6. The Bertz CT molecular complexity index is 1980. The van der Waals surface area contributed by atoms with Gasteiger partial charge in [0.05, 0.1) is 33.8 Å². The van der Waals surface area contributed by atoms with Gasteiger partial charge >= 0.3 is 5.97 Å².